The van der Waals surface area contributed by atoms with E-state index in [1.807, 2.05) is 13.0 Å². The monoisotopic (exact) mass is 324 g/mol. The van der Waals surface area contributed by atoms with Gasteiger partial charge in [-0.1, -0.05) is 36.2 Å². The van der Waals surface area contributed by atoms with Crippen LogP contribution < -0.4 is 11.1 Å². The Morgan fingerprint density at radius 1 is 1.37 bits per heavy atom. The summed E-state index contributed by atoms with van der Waals surface area (Å²) in [5, 5.41) is 4.14. The van der Waals surface area contributed by atoms with Gasteiger partial charge in [-0.25, -0.2) is 0 Å². The van der Waals surface area contributed by atoms with Gasteiger partial charge in [-0.3, -0.25) is 4.79 Å². The smallest absolute Gasteiger partial charge is 0.224 e. The minimum absolute atomic E-state index is 0. The fraction of sp³-hybridized carbons (Fsp3) is 0.462. The normalized spacial score (nSPS) is 13.3. The third-order valence-corrected chi connectivity index (χ3v) is 3.32. The van der Waals surface area contributed by atoms with Crippen molar-refractivity contribution >= 4 is 41.5 Å². The van der Waals surface area contributed by atoms with Crippen molar-refractivity contribution in [2.75, 3.05) is 6.54 Å². The molecule has 3 N–H and O–H groups in total. The molecule has 0 aromatic heterocycles. The summed E-state index contributed by atoms with van der Waals surface area (Å²) in [7, 11) is 0. The fourth-order valence-corrected chi connectivity index (χ4v) is 2.05. The van der Waals surface area contributed by atoms with E-state index < -0.39 is 0 Å². The lowest BCUT2D eigenvalue weighted by molar-refractivity contribution is -0.124. The summed E-state index contributed by atoms with van der Waals surface area (Å²) in [4.78, 5) is 11.7. The highest BCUT2D eigenvalue weighted by Gasteiger charge is 2.14. The van der Waals surface area contributed by atoms with E-state index >= 15 is 0 Å². The van der Waals surface area contributed by atoms with E-state index in [0.717, 1.165) is 5.56 Å². The van der Waals surface area contributed by atoms with E-state index in [1.165, 1.54) is 0 Å². The Balaban J connectivity index is 0.00000324. The van der Waals surface area contributed by atoms with E-state index in [4.69, 9.17) is 28.9 Å². The van der Waals surface area contributed by atoms with Gasteiger partial charge >= 0.3 is 0 Å². The molecule has 1 aromatic carbocycles. The highest BCUT2D eigenvalue weighted by molar-refractivity contribution is 6.35. The predicted octanol–water partition coefficient (Wildman–Crippen LogP) is 3.06. The zero-order valence-electron chi connectivity index (χ0n) is 11.0. The maximum atomic E-state index is 11.7. The van der Waals surface area contributed by atoms with Gasteiger partial charge in [-0.05, 0) is 31.0 Å². The van der Waals surface area contributed by atoms with Crippen LogP contribution in [0.5, 0.6) is 0 Å². The van der Waals surface area contributed by atoms with Crippen LogP contribution in [-0.2, 0) is 11.2 Å². The first kappa shape index (κ1) is 18.5. The topological polar surface area (TPSA) is 55.1 Å². The third kappa shape index (κ3) is 6.00. The number of carbonyl (C=O) groups is 1. The fourth-order valence-electron chi connectivity index (χ4n) is 1.56. The molecule has 0 aliphatic heterocycles. The molecule has 0 aliphatic rings. The van der Waals surface area contributed by atoms with Crippen LogP contribution in [0.15, 0.2) is 18.2 Å². The average molecular weight is 326 g/mol. The molecule has 0 heterocycles. The van der Waals surface area contributed by atoms with E-state index in [9.17, 15) is 4.79 Å². The second kappa shape index (κ2) is 8.64. The minimum atomic E-state index is -0.173. The van der Waals surface area contributed by atoms with Crippen LogP contribution in [0.2, 0.25) is 10.0 Å². The molecule has 2 atom stereocenters. The first-order chi connectivity index (χ1) is 8.43. The first-order valence-electron chi connectivity index (χ1n) is 5.88. The van der Waals surface area contributed by atoms with E-state index in [2.05, 4.69) is 5.32 Å². The largest absolute Gasteiger partial charge is 0.353 e. The Morgan fingerprint density at radius 2 is 2.00 bits per heavy atom. The molecule has 1 rings (SSSR count). The van der Waals surface area contributed by atoms with Crippen molar-refractivity contribution < 1.29 is 4.79 Å². The molecular formula is C13H19Cl3N2O. The van der Waals surface area contributed by atoms with E-state index in [1.54, 1.807) is 19.1 Å². The van der Waals surface area contributed by atoms with E-state index in [-0.39, 0.29) is 30.3 Å². The summed E-state index contributed by atoms with van der Waals surface area (Å²) in [5.74, 6) is -0.205. The molecule has 1 amide bonds. The quantitative estimate of drug-likeness (QED) is 0.874. The van der Waals surface area contributed by atoms with Gasteiger partial charge in [0.05, 0.1) is 0 Å². The Bertz CT molecular complexity index is 426. The van der Waals surface area contributed by atoms with Crippen molar-refractivity contribution in [1.82, 2.24) is 5.32 Å². The number of benzene rings is 1. The van der Waals surface area contributed by atoms with Crippen molar-refractivity contribution in [3.63, 3.8) is 0 Å². The van der Waals surface area contributed by atoms with Gasteiger partial charge < -0.3 is 11.1 Å². The number of nitrogens with two attached hydrogens (primary N) is 1. The van der Waals surface area contributed by atoms with Crippen LogP contribution >= 0.6 is 35.6 Å². The third-order valence-electron chi connectivity index (χ3n) is 2.73. The number of hydrogen-bond acceptors (Lipinski definition) is 2. The van der Waals surface area contributed by atoms with Crippen molar-refractivity contribution in [3.8, 4) is 0 Å². The van der Waals surface area contributed by atoms with Gasteiger partial charge in [0.15, 0.2) is 0 Å². The first-order valence-corrected chi connectivity index (χ1v) is 6.64. The molecule has 3 nitrogen and oxygen atoms in total. The predicted molar refractivity (Wildman–Crippen MR) is 83.2 cm³/mol. The van der Waals surface area contributed by atoms with Crippen molar-refractivity contribution in [2.24, 2.45) is 11.7 Å². The minimum Gasteiger partial charge on any atom is -0.353 e. The van der Waals surface area contributed by atoms with Gasteiger partial charge in [-0.2, -0.15) is 0 Å². The van der Waals surface area contributed by atoms with Crippen LogP contribution in [0, 0.1) is 5.92 Å². The molecule has 0 aliphatic carbocycles. The maximum Gasteiger partial charge on any atom is 0.224 e. The second-order valence-corrected chi connectivity index (χ2v) is 5.33. The van der Waals surface area contributed by atoms with Gasteiger partial charge in [0, 0.05) is 28.5 Å². The van der Waals surface area contributed by atoms with E-state index in [0.29, 0.717) is 23.0 Å². The van der Waals surface area contributed by atoms with Crippen LogP contribution in [0.25, 0.3) is 0 Å². The number of nitrogens with one attached hydrogen (secondary N) is 1. The van der Waals surface area contributed by atoms with Crippen LogP contribution in [0.1, 0.15) is 19.4 Å². The summed E-state index contributed by atoms with van der Waals surface area (Å²) in [6.07, 6.45) is 0.666. The molecule has 0 spiro atoms. The molecule has 108 valence electrons. The van der Waals surface area contributed by atoms with Crippen molar-refractivity contribution in [3.05, 3.63) is 33.8 Å². The summed E-state index contributed by atoms with van der Waals surface area (Å²) in [6.45, 7) is 4.09. The molecular weight excluding hydrogens is 307 g/mol. The summed E-state index contributed by atoms with van der Waals surface area (Å²) in [5.41, 5.74) is 6.41. The van der Waals surface area contributed by atoms with Crippen LogP contribution in [-0.4, -0.2) is 18.5 Å². The van der Waals surface area contributed by atoms with Gasteiger partial charge in [0.25, 0.3) is 0 Å². The van der Waals surface area contributed by atoms with Crippen molar-refractivity contribution in [1.29, 1.82) is 0 Å². The molecule has 0 saturated heterocycles. The Morgan fingerprint density at radius 3 is 2.53 bits per heavy atom. The number of amides is 1. The number of rotatable bonds is 5. The van der Waals surface area contributed by atoms with Crippen LogP contribution in [0.3, 0.4) is 0 Å². The maximum absolute atomic E-state index is 11.7. The number of hydrogen-bond donors (Lipinski definition) is 2. The molecule has 2 unspecified atom stereocenters. The Hall–Kier alpha value is -0.480. The highest BCUT2D eigenvalue weighted by Crippen LogP contribution is 2.22. The highest BCUT2D eigenvalue weighted by atomic mass is 35.5. The molecule has 0 radical (unpaired) electrons. The standard InChI is InChI=1S/C13H18Cl2N2O.ClH/c1-8(7-16)13(18)17-9(2)5-10-3-4-11(14)6-12(10)15;/h3-4,6,8-9H,5,7,16H2,1-2H3,(H,17,18);1H. The average Bonchev–Trinajstić information content (AvgIpc) is 2.31. The molecule has 6 heteroatoms. The molecule has 0 fully saturated rings. The van der Waals surface area contributed by atoms with Crippen molar-refractivity contribution in [2.45, 2.75) is 26.3 Å². The molecule has 1 aromatic rings. The number of carbonyl (C=O) groups excluding carboxylic acids is 1. The van der Waals surface area contributed by atoms with Gasteiger partial charge in [0.1, 0.15) is 0 Å². The molecule has 0 saturated carbocycles. The Kier molecular flexibility index (Phi) is 8.42. The lowest BCUT2D eigenvalue weighted by Gasteiger charge is -2.17. The van der Waals surface area contributed by atoms with Crippen LogP contribution in [0.4, 0.5) is 0 Å². The summed E-state index contributed by atoms with van der Waals surface area (Å²) < 4.78 is 0. The zero-order valence-corrected chi connectivity index (χ0v) is 13.3. The Labute approximate surface area is 130 Å². The lowest BCUT2D eigenvalue weighted by Crippen LogP contribution is -2.39. The molecule has 0 bridgehead atoms. The SMILES string of the molecule is CC(Cc1ccc(Cl)cc1Cl)NC(=O)C(C)CN.Cl. The number of halogens is 3. The lowest BCUT2D eigenvalue weighted by atomic mass is 10.1. The molecule has 19 heavy (non-hydrogen) atoms. The summed E-state index contributed by atoms with van der Waals surface area (Å²) in [6, 6.07) is 5.37. The van der Waals surface area contributed by atoms with Gasteiger partial charge in [-0.15, -0.1) is 12.4 Å². The second-order valence-electron chi connectivity index (χ2n) is 4.49. The summed E-state index contributed by atoms with van der Waals surface area (Å²) >= 11 is 11.9. The van der Waals surface area contributed by atoms with Gasteiger partial charge in [0.2, 0.25) is 5.91 Å². The zero-order chi connectivity index (χ0) is 13.7.